The third kappa shape index (κ3) is 8.71. The number of likely N-dealkylation sites (N-methyl/N-ethyl adjacent to an activating group) is 1. The van der Waals surface area contributed by atoms with Crippen LogP contribution in [0.3, 0.4) is 0 Å². The second-order valence-corrected chi connectivity index (χ2v) is 12.2. The molecule has 0 saturated carbocycles. The van der Waals surface area contributed by atoms with Crippen LogP contribution in [0.5, 0.6) is 17.2 Å². The molecule has 0 fully saturated rings. The highest BCUT2D eigenvalue weighted by Crippen LogP contribution is 2.34. The molecular weight excluding hydrogens is 676 g/mol. The Morgan fingerprint density at radius 2 is 1.57 bits per heavy atom. The standard InChI is InChI=1S/C40H40N6O7/c1-5-45(22-27-12-15-34(50-2)28(18-27)23-46-25-41-24-42-46)17-16-26-10-13-29(14-11-26)43-39(48)31-19-36(51-3)37(52-4)20-32(31)44-40(49)38-21-33(47)30-8-6-7-9-35(30)53-38/h6-15,18-21,24-25H,5,16-17,22-23H2,1-4H3,(H,43,48)(H,44,49). The first kappa shape index (κ1) is 36.3. The fourth-order valence-electron chi connectivity index (χ4n) is 5.96. The average Bonchev–Trinajstić information content (AvgIpc) is 3.70. The third-order valence-corrected chi connectivity index (χ3v) is 8.80. The fraction of sp³-hybridized carbons (Fsp3) is 0.225. The molecule has 0 saturated heterocycles. The van der Waals surface area contributed by atoms with Gasteiger partial charge in [0.2, 0.25) is 0 Å². The minimum absolute atomic E-state index is 0.116. The number of anilines is 2. The number of para-hydroxylation sites is 1. The van der Waals surface area contributed by atoms with E-state index in [9.17, 15) is 14.4 Å². The minimum atomic E-state index is -0.709. The number of aromatic nitrogens is 3. The number of carbonyl (C=O) groups is 2. The maximum Gasteiger partial charge on any atom is 0.291 e. The Morgan fingerprint density at radius 1 is 0.830 bits per heavy atom. The molecule has 0 bridgehead atoms. The van der Waals surface area contributed by atoms with Crippen LogP contribution in [-0.4, -0.2) is 65.9 Å². The van der Waals surface area contributed by atoms with E-state index in [0.29, 0.717) is 29.1 Å². The molecule has 272 valence electrons. The van der Waals surface area contributed by atoms with Crippen LogP contribution in [0.15, 0.2) is 107 Å². The third-order valence-electron chi connectivity index (χ3n) is 8.80. The van der Waals surface area contributed by atoms with Gasteiger partial charge in [-0.05, 0) is 66.6 Å². The second-order valence-electron chi connectivity index (χ2n) is 12.2. The van der Waals surface area contributed by atoms with Gasteiger partial charge in [0.25, 0.3) is 11.8 Å². The van der Waals surface area contributed by atoms with Gasteiger partial charge in [0.05, 0.1) is 44.5 Å². The Hall–Kier alpha value is -6.47. The molecule has 2 aromatic heterocycles. The van der Waals surface area contributed by atoms with Gasteiger partial charge in [0.15, 0.2) is 22.7 Å². The Balaban J connectivity index is 1.12. The van der Waals surface area contributed by atoms with Crippen LogP contribution >= 0.6 is 0 Å². The maximum absolute atomic E-state index is 13.7. The van der Waals surface area contributed by atoms with E-state index in [-0.39, 0.29) is 28.0 Å². The van der Waals surface area contributed by atoms with Gasteiger partial charge >= 0.3 is 0 Å². The molecule has 2 heterocycles. The van der Waals surface area contributed by atoms with Crippen LogP contribution in [0.1, 0.15) is 44.5 Å². The molecule has 0 unspecified atom stereocenters. The number of fused-ring (bicyclic) bond motifs is 1. The topological polar surface area (TPSA) is 150 Å². The first-order valence-electron chi connectivity index (χ1n) is 17.0. The maximum atomic E-state index is 13.7. The molecule has 0 radical (unpaired) electrons. The van der Waals surface area contributed by atoms with E-state index in [4.69, 9.17) is 18.6 Å². The minimum Gasteiger partial charge on any atom is -0.496 e. The van der Waals surface area contributed by atoms with Gasteiger partial charge in [-0.15, -0.1) is 0 Å². The molecule has 53 heavy (non-hydrogen) atoms. The molecule has 6 rings (SSSR count). The molecule has 13 heteroatoms. The zero-order valence-electron chi connectivity index (χ0n) is 29.9. The van der Waals surface area contributed by atoms with Crippen molar-refractivity contribution in [2.75, 3.05) is 45.1 Å². The summed E-state index contributed by atoms with van der Waals surface area (Å²) >= 11 is 0. The molecule has 0 aliphatic rings. The Morgan fingerprint density at radius 3 is 2.28 bits per heavy atom. The van der Waals surface area contributed by atoms with Crippen LogP contribution < -0.4 is 30.3 Å². The summed E-state index contributed by atoms with van der Waals surface area (Å²) in [5.74, 6) is -0.00662. The molecule has 2 amide bonds. The number of ether oxygens (including phenoxy) is 3. The molecule has 0 spiro atoms. The fourth-order valence-corrected chi connectivity index (χ4v) is 5.96. The molecule has 4 aromatic carbocycles. The van der Waals surface area contributed by atoms with Crippen molar-refractivity contribution in [2.45, 2.75) is 26.4 Å². The normalized spacial score (nSPS) is 11.0. The van der Waals surface area contributed by atoms with Crippen LogP contribution in [-0.2, 0) is 19.5 Å². The van der Waals surface area contributed by atoms with Crippen molar-refractivity contribution in [3.8, 4) is 17.2 Å². The number of methoxy groups -OCH3 is 3. The van der Waals surface area contributed by atoms with Crippen molar-refractivity contribution >= 4 is 34.2 Å². The van der Waals surface area contributed by atoms with E-state index in [0.717, 1.165) is 49.0 Å². The van der Waals surface area contributed by atoms with Gasteiger partial charge in [-0.3, -0.25) is 19.3 Å². The number of amides is 2. The van der Waals surface area contributed by atoms with Gasteiger partial charge in [0.1, 0.15) is 24.0 Å². The molecule has 0 aliphatic carbocycles. The lowest BCUT2D eigenvalue weighted by molar-refractivity contribution is 0.0997. The van der Waals surface area contributed by atoms with Crippen LogP contribution in [0.2, 0.25) is 0 Å². The molecule has 0 atom stereocenters. The number of hydrogen-bond acceptors (Lipinski definition) is 10. The zero-order chi connectivity index (χ0) is 37.3. The lowest BCUT2D eigenvalue weighted by Gasteiger charge is -2.21. The summed E-state index contributed by atoms with van der Waals surface area (Å²) in [6.45, 7) is 5.18. The summed E-state index contributed by atoms with van der Waals surface area (Å²) in [5.41, 5.74) is 4.05. The lowest BCUT2D eigenvalue weighted by Crippen LogP contribution is -2.25. The highest BCUT2D eigenvalue weighted by Gasteiger charge is 2.21. The summed E-state index contributed by atoms with van der Waals surface area (Å²) in [4.78, 5) is 46.0. The van der Waals surface area contributed by atoms with Crippen LogP contribution in [0.4, 0.5) is 11.4 Å². The number of benzene rings is 4. The van der Waals surface area contributed by atoms with Gasteiger partial charge in [-0.1, -0.05) is 37.3 Å². The Kier molecular flexibility index (Phi) is 11.4. The summed E-state index contributed by atoms with van der Waals surface area (Å²) < 4.78 is 23.9. The smallest absolute Gasteiger partial charge is 0.291 e. The SMILES string of the molecule is CCN(CCc1ccc(NC(=O)c2cc(OC)c(OC)cc2NC(=O)c2cc(=O)c3ccccc3o2)cc1)Cc1ccc(OC)c(Cn2cncn2)c1. The van der Waals surface area contributed by atoms with Crippen molar-refractivity contribution in [1.29, 1.82) is 0 Å². The number of nitrogens with zero attached hydrogens (tertiary/aromatic N) is 4. The highest BCUT2D eigenvalue weighted by molar-refractivity contribution is 6.12. The monoisotopic (exact) mass is 716 g/mol. The van der Waals surface area contributed by atoms with E-state index in [2.05, 4.69) is 44.7 Å². The van der Waals surface area contributed by atoms with Gasteiger partial charge in [-0.2, -0.15) is 5.10 Å². The summed E-state index contributed by atoms with van der Waals surface area (Å²) in [6, 6.07) is 24.6. The lowest BCUT2D eigenvalue weighted by atomic mass is 10.1. The van der Waals surface area contributed by atoms with E-state index in [1.807, 2.05) is 30.3 Å². The molecule has 2 N–H and O–H groups in total. The molecule has 0 aliphatic heterocycles. The highest BCUT2D eigenvalue weighted by atomic mass is 16.5. The van der Waals surface area contributed by atoms with Crippen molar-refractivity contribution in [3.63, 3.8) is 0 Å². The largest absolute Gasteiger partial charge is 0.496 e. The summed E-state index contributed by atoms with van der Waals surface area (Å²) in [5, 5.41) is 10.2. The average molecular weight is 717 g/mol. The van der Waals surface area contributed by atoms with Gasteiger partial charge < -0.3 is 29.3 Å². The zero-order valence-corrected chi connectivity index (χ0v) is 29.9. The summed E-state index contributed by atoms with van der Waals surface area (Å²) in [7, 11) is 4.57. The van der Waals surface area contributed by atoms with Crippen molar-refractivity contribution in [2.24, 2.45) is 0 Å². The quantitative estimate of drug-likeness (QED) is 0.129. The van der Waals surface area contributed by atoms with E-state index >= 15 is 0 Å². The number of nitrogens with one attached hydrogen (secondary N) is 2. The van der Waals surface area contributed by atoms with Crippen LogP contribution in [0.25, 0.3) is 11.0 Å². The number of hydrogen-bond donors (Lipinski definition) is 2. The number of carbonyl (C=O) groups excluding carboxylic acids is 2. The molecule has 6 aromatic rings. The van der Waals surface area contributed by atoms with E-state index in [1.54, 1.807) is 42.4 Å². The van der Waals surface area contributed by atoms with Gasteiger partial charge in [-0.25, -0.2) is 9.67 Å². The van der Waals surface area contributed by atoms with Crippen molar-refractivity contribution in [3.05, 3.63) is 136 Å². The first-order chi connectivity index (χ1) is 25.8. The predicted molar refractivity (Wildman–Crippen MR) is 201 cm³/mol. The molecular formula is C40H40N6O7. The van der Waals surface area contributed by atoms with Gasteiger partial charge in [0, 0.05) is 36.5 Å². The predicted octanol–water partition coefficient (Wildman–Crippen LogP) is 6.03. The second kappa shape index (κ2) is 16.7. The molecule has 13 nitrogen and oxygen atoms in total. The van der Waals surface area contributed by atoms with E-state index < -0.39 is 11.8 Å². The Bertz CT molecular complexity index is 2270. The van der Waals surface area contributed by atoms with Crippen LogP contribution in [0, 0.1) is 0 Å². The Labute approximate surface area is 306 Å². The first-order valence-corrected chi connectivity index (χ1v) is 17.0. The summed E-state index contributed by atoms with van der Waals surface area (Å²) in [6.07, 6.45) is 4.01. The number of rotatable bonds is 15. The van der Waals surface area contributed by atoms with Crippen molar-refractivity contribution < 1.29 is 28.2 Å². The van der Waals surface area contributed by atoms with E-state index in [1.165, 1.54) is 38.2 Å². The van der Waals surface area contributed by atoms with Crippen molar-refractivity contribution in [1.82, 2.24) is 19.7 Å².